The van der Waals surface area contributed by atoms with Crippen LogP contribution in [0.4, 0.5) is 5.95 Å². The highest BCUT2D eigenvalue weighted by atomic mass is 15.2. The molecule has 20 heavy (non-hydrogen) atoms. The van der Waals surface area contributed by atoms with Crippen molar-refractivity contribution in [2.24, 2.45) is 0 Å². The summed E-state index contributed by atoms with van der Waals surface area (Å²) in [5.41, 5.74) is 4.58. The molecule has 0 amide bonds. The second-order valence-corrected chi connectivity index (χ2v) is 5.14. The van der Waals surface area contributed by atoms with Crippen molar-refractivity contribution in [2.45, 2.75) is 26.3 Å². The molecule has 5 nitrogen and oxygen atoms in total. The van der Waals surface area contributed by atoms with Crippen molar-refractivity contribution in [3.8, 4) is 0 Å². The maximum absolute atomic E-state index is 4.40. The predicted octanol–water partition coefficient (Wildman–Crippen LogP) is 1.79. The van der Waals surface area contributed by atoms with E-state index >= 15 is 0 Å². The molecular weight excluding hydrogens is 250 g/mol. The van der Waals surface area contributed by atoms with Gasteiger partial charge in [0, 0.05) is 12.6 Å². The highest BCUT2D eigenvalue weighted by molar-refractivity contribution is 5.34. The minimum absolute atomic E-state index is 0.296. The Morgan fingerprint density at radius 2 is 2.05 bits per heavy atom. The van der Waals surface area contributed by atoms with Crippen LogP contribution in [0, 0.1) is 13.8 Å². The second kappa shape index (κ2) is 5.54. The van der Waals surface area contributed by atoms with Gasteiger partial charge in [-0.3, -0.25) is 0 Å². The fourth-order valence-electron chi connectivity index (χ4n) is 2.50. The van der Waals surface area contributed by atoms with Crippen LogP contribution in [0.15, 0.2) is 24.3 Å². The molecule has 2 heterocycles. The van der Waals surface area contributed by atoms with Gasteiger partial charge in [-0.1, -0.05) is 24.3 Å². The lowest BCUT2D eigenvalue weighted by atomic mass is 9.94. The maximum Gasteiger partial charge on any atom is 0.243 e. The van der Waals surface area contributed by atoms with E-state index < -0.39 is 0 Å². The number of nitrogens with one attached hydrogen (secondary N) is 2. The third kappa shape index (κ3) is 2.63. The van der Waals surface area contributed by atoms with Crippen LogP contribution in [0.3, 0.4) is 0 Å². The molecule has 2 N–H and O–H groups in total. The molecule has 0 spiro atoms. The number of aromatic nitrogens is 3. The Labute approximate surface area is 118 Å². The van der Waals surface area contributed by atoms with Crippen LogP contribution in [0.2, 0.25) is 0 Å². The number of hydrogen-bond donors (Lipinski definition) is 2. The summed E-state index contributed by atoms with van der Waals surface area (Å²) in [6.07, 6.45) is 1.09. The summed E-state index contributed by atoms with van der Waals surface area (Å²) in [5.74, 6) is 0.595. The van der Waals surface area contributed by atoms with Gasteiger partial charge in [0.1, 0.15) is 0 Å². The van der Waals surface area contributed by atoms with Gasteiger partial charge in [-0.2, -0.15) is 5.10 Å². The molecular formula is C15H19N5. The van der Waals surface area contributed by atoms with E-state index in [0.717, 1.165) is 30.9 Å². The van der Waals surface area contributed by atoms with E-state index in [9.17, 15) is 0 Å². The average Bonchev–Trinajstić information content (AvgIpc) is 2.48. The van der Waals surface area contributed by atoms with Crippen molar-refractivity contribution >= 4 is 5.95 Å². The van der Waals surface area contributed by atoms with E-state index in [-0.39, 0.29) is 0 Å². The Balaban J connectivity index is 1.71. The summed E-state index contributed by atoms with van der Waals surface area (Å²) in [6.45, 7) is 5.64. The molecule has 0 bridgehead atoms. The first-order valence-electron chi connectivity index (χ1n) is 6.97. The summed E-state index contributed by atoms with van der Waals surface area (Å²) in [5, 5.41) is 15.0. The number of rotatable bonds is 3. The van der Waals surface area contributed by atoms with Crippen LogP contribution in [0.1, 0.15) is 28.6 Å². The van der Waals surface area contributed by atoms with Crippen molar-refractivity contribution in [3.63, 3.8) is 0 Å². The SMILES string of the molecule is Cc1nnc(NCC2NCCc3ccccc32)nc1C. The Morgan fingerprint density at radius 3 is 2.90 bits per heavy atom. The topological polar surface area (TPSA) is 62.7 Å². The van der Waals surface area contributed by atoms with E-state index in [2.05, 4.69) is 50.1 Å². The van der Waals surface area contributed by atoms with Gasteiger partial charge in [0.15, 0.2) is 0 Å². The Kier molecular flexibility index (Phi) is 3.60. The van der Waals surface area contributed by atoms with Gasteiger partial charge in [0.25, 0.3) is 0 Å². The lowest BCUT2D eigenvalue weighted by Gasteiger charge is -2.27. The zero-order chi connectivity index (χ0) is 13.9. The molecule has 1 aromatic carbocycles. The first-order chi connectivity index (χ1) is 9.74. The quantitative estimate of drug-likeness (QED) is 0.889. The largest absolute Gasteiger partial charge is 0.351 e. The van der Waals surface area contributed by atoms with Crippen LogP contribution >= 0.6 is 0 Å². The van der Waals surface area contributed by atoms with Crippen molar-refractivity contribution in [2.75, 3.05) is 18.4 Å². The molecule has 0 saturated carbocycles. The van der Waals surface area contributed by atoms with Crippen LogP contribution < -0.4 is 10.6 Å². The summed E-state index contributed by atoms with van der Waals surface area (Å²) >= 11 is 0. The van der Waals surface area contributed by atoms with Gasteiger partial charge < -0.3 is 10.6 Å². The lowest BCUT2D eigenvalue weighted by molar-refractivity contribution is 0.522. The molecule has 2 aromatic rings. The highest BCUT2D eigenvalue weighted by Crippen LogP contribution is 2.22. The van der Waals surface area contributed by atoms with Gasteiger partial charge in [-0.05, 0) is 37.9 Å². The molecule has 1 aliphatic rings. The van der Waals surface area contributed by atoms with Crippen molar-refractivity contribution in [1.82, 2.24) is 20.5 Å². The smallest absolute Gasteiger partial charge is 0.243 e. The van der Waals surface area contributed by atoms with Crippen LogP contribution in [-0.4, -0.2) is 28.3 Å². The molecule has 1 unspecified atom stereocenters. The van der Waals surface area contributed by atoms with Crippen molar-refractivity contribution in [3.05, 3.63) is 46.8 Å². The number of benzene rings is 1. The van der Waals surface area contributed by atoms with Gasteiger partial charge in [0.2, 0.25) is 5.95 Å². The first-order valence-corrected chi connectivity index (χ1v) is 6.97. The number of aryl methyl sites for hydroxylation is 2. The summed E-state index contributed by atoms with van der Waals surface area (Å²) in [6, 6.07) is 8.88. The number of nitrogens with zero attached hydrogens (tertiary/aromatic N) is 3. The summed E-state index contributed by atoms with van der Waals surface area (Å²) < 4.78 is 0. The predicted molar refractivity (Wildman–Crippen MR) is 78.7 cm³/mol. The Hall–Kier alpha value is -2.01. The Morgan fingerprint density at radius 1 is 1.20 bits per heavy atom. The van der Waals surface area contributed by atoms with E-state index in [1.807, 2.05) is 13.8 Å². The van der Waals surface area contributed by atoms with Crippen molar-refractivity contribution in [1.29, 1.82) is 0 Å². The van der Waals surface area contributed by atoms with Gasteiger partial charge >= 0.3 is 0 Å². The summed E-state index contributed by atoms with van der Waals surface area (Å²) in [7, 11) is 0. The zero-order valence-corrected chi connectivity index (χ0v) is 11.8. The molecule has 0 aliphatic carbocycles. The number of anilines is 1. The normalized spacial score (nSPS) is 17.6. The molecule has 1 aliphatic heterocycles. The van der Waals surface area contributed by atoms with E-state index in [1.165, 1.54) is 11.1 Å². The third-order valence-electron chi connectivity index (χ3n) is 3.77. The van der Waals surface area contributed by atoms with E-state index in [4.69, 9.17) is 0 Å². The van der Waals surface area contributed by atoms with E-state index in [1.54, 1.807) is 0 Å². The molecule has 0 saturated heterocycles. The standard InChI is InChI=1S/C15H19N5/c1-10-11(2)19-20-15(18-10)17-9-14-13-6-4-3-5-12(13)7-8-16-14/h3-6,14,16H,7-9H2,1-2H3,(H,17,18,20). The Bertz CT molecular complexity index is 611. The molecule has 0 radical (unpaired) electrons. The lowest BCUT2D eigenvalue weighted by Crippen LogP contribution is -2.34. The minimum Gasteiger partial charge on any atom is -0.351 e. The number of fused-ring (bicyclic) bond motifs is 1. The minimum atomic E-state index is 0.296. The van der Waals surface area contributed by atoms with E-state index in [0.29, 0.717) is 12.0 Å². The van der Waals surface area contributed by atoms with Crippen LogP contribution in [-0.2, 0) is 6.42 Å². The fourth-order valence-corrected chi connectivity index (χ4v) is 2.50. The second-order valence-electron chi connectivity index (χ2n) is 5.14. The molecule has 1 aromatic heterocycles. The summed E-state index contributed by atoms with van der Waals surface area (Å²) in [4.78, 5) is 4.40. The average molecular weight is 269 g/mol. The van der Waals surface area contributed by atoms with Crippen LogP contribution in [0.25, 0.3) is 0 Å². The fraction of sp³-hybridized carbons (Fsp3) is 0.400. The third-order valence-corrected chi connectivity index (χ3v) is 3.77. The monoisotopic (exact) mass is 269 g/mol. The first kappa shape index (κ1) is 13.0. The zero-order valence-electron chi connectivity index (χ0n) is 11.8. The highest BCUT2D eigenvalue weighted by Gasteiger charge is 2.19. The van der Waals surface area contributed by atoms with Gasteiger partial charge in [-0.15, -0.1) is 5.10 Å². The molecule has 0 fully saturated rings. The van der Waals surface area contributed by atoms with Gasteiger partial charge in [0.05, 0.1) is 11.4 Å². The number of hydrogen-bond acceptors (Lipinski definition) is 5. The molecule has 3 rings (SSSR count). The van der Waals surface area contributed by atoms with Crippen LogP contribution in [0.5, 0.6) is 0 Å². The molecule has 104 valence electrons. The molecule has 1 atom stereocenters. The van der Waals surface area contributed by atoms with Gasteiger partial charge in [-0.25, -0.2) is 4.98 Å². The molecule has 5 heteroatoms. The maximum atomic E-state index is 4.40. The van der Waals surface area contributed by atoms with Crippen molar-refractivity contribution < 1.29 is 0 Å².